The van der Waals surface area contributed by atoms with Gasteiger partial charge in [0.15, 0.2) is 4.77 Å². The fraction of sp³-hybridized carbons (Fsp3) is 0.364. The third kappa shape index (κ3) is 5.85. The van der Waals surface area contributed by atoms with Crippen LogP contribution in [0.4, 0.5) is 18.9 Å². The number of para-hydroxylation sites is 1. The molecule has 1 heterocycles. The van der Waals surface area contributed by atoms with Gasteiger partial charge in [0.25, 0.3) is 5.69 Å². The van der Waals surface area contributed by atoms with Gasteiger partial charge < -0.3 is 0 Å². The molecule has 174 valence electrons. The molecule has 0 unspecified atom stereocenters. The van der Waals surface area contributed by atoms with Gasteiger partial charge in [-0.05, 0) is 30.6 Å². The fourth-order valence-corrected chi connectivity index (χ4v) is 4.03. The average Bonchev–Trinajstić information content (AvgIpc) is 3.55. The van der Waals surface area contributed by atoms with Gasteiger partial charge in [0.2, 0.25) is 0 Å². The summed E-state index contributed by atoms with van der Waals surface area (Å²) >= 11 is 5.60. The lowest BCUT2D eigenvalue weighted by Gasteiger charge is -2.23. The largest absolute Gasteiger partial charge is 0.401 e. The van der Waals surface area contributed by atoms with E-state index in [9.17, 15) is 23.3 Å². The van der Waals surface area contributed by atoms with Crippen molar-refractivity contribution in [2.45, 2.75) is 44.7 Å². The average molecular weight is 478 g/mol. The first-order chi connectivity index (χ1) is 15.7. The van der Waals surface area contributed by atoms with Gasteiger partial charge in [0, 0.05) is 24.1 Å². The summed E-state index contributed by atoms with van der Waals surface area (Å²) in [5.74, 6) is 1.00. The molecule has 1 aromatic heterocycles. The van der Waals surface area contributed by atoms with Crippen LogP contribution in [0.2, 0.25) is 0 Å². The number of hydrogen-bond acceptors (Lipinski definition) is 5. The highest BCUT2D eigenvalue weighted by Gasteiger charge is 2.34. The molecule has 1 aliphatic rings. The van der Waals surface area contributed by atoms with E-state index < -0.39 is 17.6 Å². The Morgan fingerprint density at radius 2 is 1.79 bits per heavy atom. The molecule has 1 fully saturated rings. The predicted octanol–water partition coefficient (Wildman–Crippen LogP) is 5.27. The van der Waals surface area contributed by atoms with Gasteiger partial charge in [-0.3, -0.25) is 19.6 Å². The van der Waals surface area contributed by atoms with E-state index in [2.05, 4.69) is 5.10 Å². The van der Waals surface area contributed by atoms with Crippen molar-refractivity contribution in [2.24, 2.45) is 0 Å². The Kier molecular flexibility index (Phi) is 6.61. The number of nitro groups is 1. The first-order valence-electron chi connectivity index (χ1n) is 10.4. The molecule has 0 aliphatic heterocycles. The summed E-state index contributed by atoms with van der Waals surface area (Å²) < 4.78 is 43.6. The van der Waals surface area contributed by atoms with Crippen LogP contribution in [0.25, 0.3) is 0 Å². The maximum Gasteiger partial charge on any atom is 0.401 e. The second-order valence-electron chi connectivity index (χ2n) is 8.12. The highest BCUT2D eigenvalue weighted by Crippen LogP contribution is 2.39. The van der Waals surface area contributed by atoms with E-state index in [4.69, 9.17) is 12.2 Å². The molecule has 0 spiro atoms. The van der Waals surface area contributed by atoms with E-state index in [1.807, 2.05) is 34.9 Å². The van der Waals surface area contributed by atoms with Gasteiger partial charge in [0.1, 0.15) is 5.82 Å². The van der Waals surface area contributed by atoms with Gasteiger partial charge in [-0.15, -0.1) is 0 Å². The van der Waals surface area contributed by atoms with Crippen LogP contribution in [-0.2, 0) is 19.8 Å². The SMILES string of the molecule is O=[N+]([O-])c1ccccc1CN(Cn1nc(C2CC2)n(Cc2ccccc2)c1=S)CC(F)(F)F. The van der Waals surface area contributed by atoms with Gasteiger partial charge in [-0.2, -0.15) is 18.3 Å². The van der Waals surface area contributed by atoms with Crippen LogP contribution in [0.1, 0.15) is 35.7 Å². The van der Waals surface area contributed by atoms with Crippen LogP contribution < -0.4 is 0 Å². The molecule has 1 saturated carbocycles. The highest BCUT2D eigenvalue weighted by molar-refractivity contribution is 7.71. The first-order valence-corrected chi connectivity index (χ1v) is 10.8. The Morgan fingerprint density at radius 1 is 1.12 bits per heavy atom. The van der Waals surface area contributed by atoms with Gasteiger partial charge in [0.05, 0.1) is 24.7 Å². The number of aromatic nitrogens is 3. The summed E-state index contributed by atoms with van der Waals surface area (Å²) in [6.07, 6.45) is -2.57. The Hall–Kier alpha value is -3.05. The van der Waals surface area contributed by atoms with Crippen LogP contribution in [0.5, 0.6) is 0 Å². The van der Waals surface area contributed by atoms with Crippen LogP contribution in [0, 0.1) is 14.9 Å². The lowest BCUT2D eigenvalue weighted by molar-refractivity contribution is -0.385. The lowest BCUT2D eigenvalue weighted by Crippen LogP contribution is -2.35. The summed E-state index contributed by atoms with van der Waals surface area (Å²) in [6, 6.07) is 15.5. The molecular formula is C22H22F3N5O2S. The first kappa shape index (κ1) is 23.1. The van der Waals surface area contributed by atoms with Crippen LogP contribution in [-0.4, -0.2) is 36.9 Å². The molecule has 33 heavy (non-hydrogen) atoms. The zero-order valence-corrected chi connectivity index (χ0v) is 18.4. The molecule has 7 nitrogen and oxygen atoms in total. The van der Waals surface area contributed by atoms with Crippen molar-refractivity contribution in [1.29, 1.82) is 0 Å². The third-order valence-electron chi connectivity index (χ3n) is 5.40. The number of hydrogen-bond donors (Lipinski definition) is 0. The number of nitrogens with zero attached hydrogens (tertiary/aromatic N) is 5. The smallest absolute Gasteiger partial charge is 0.299 e. The molecule has 3 aromatic rings. The number of alkyl halides is 3. The van der Waals surface area contributed by atoms with Gasteiger partial charge in [-0.1, -0.05) is 48.5 Å². The molecule has 0 radical (unpaired) electrons. The molecule has 0 atom stereocenters. The van der Waals surface area contributed by atoms with E-state index in [-0.39, 0.29) is 30.4 Å². The van der Waals surface area contributed by atoms with E-state index >= 15 is 0 Å². The lowest BCUT2D eigenvalue weighted by atomic mass is 10.1. The number of benzene rings is 2. The van der Waals surface area contributed by atoms with Crippen molar-refractivity contribution in [1.82, 2.24) is 19.2 Å². The number of nitro benzene ring substituents is 1. The fourth-order valence-electron chi connectivity index (χ4n) is 3.77. The van der Waals surface area contributed by atoms with E-state index in [0.29, 0.717) is 11.3 Å². The Balaban J connectivity index is 1.64. The quantitative estimate of drug-likeness (QED) is 0.239. The van der Waals surface area contributed by atoms with E-state index in [0.717, 1.165) is 29.1 Å². The minimum absolute atomic E-state index is 0.199. The zero-order chi connectivity index (χ0) is 23.6. The predicted molar refractivity (Wildman–Crippen MR) is 118 cm³/mol. The molecule has 0 bridgehead atoms. The summed E-state index contributed by atoms with van der Waals surface area (Å²) in [7, 11) is 0. The molecular weight excluding hydrogens is 455 g/mol. The Bertz CT molecular complexity index is 1190. The molecule has 4 rings (SSSR count). The normalized spacial score (nSPS) is 14.1. The minimum atomic E-state index is -4.49. The molecule has 0 N–H and O–H groups in total. The summed E-state index contributed by atoms with van der Waals surface area (Å²) in [5, 5.41) is 15.9. The van der Waals surface area contributed by atoms with Crippen LogP contribution in [0.3, 0.4) is 0 Å². The summed E-state index contributed by atoms with van der Waals surface area (Å²) in [4.78, 5) is 11.8. The Labute approximate surface area is 193 Å². The van der Waals surface area contributed by atoms with Gasteiger partial charge >= 0.3 is 6.18 Å². The molecule has 11 heteroatoms. The number of halogens is 3. The maximum atomic E-state index is 13.3. The molecule has 0 saturated heterocycles. The zero-order valence-electron chi connectivity index (χ0n) is 17.6. The summed E-state index contributed by atoms with van der Waals surface area (Å²) in [5.41, 5.74) is 0.994. The standard InChI is InChI=1S/C22H22F3N5O2S/c23-22(24,25)14-27(13-18-8-4-5-9-19(18)30(31)32)15-29-21(33)28(20(26-29)17-10-11-17)12-16-6-2-1-3-7-16/h1-9,17H,10-15H2. The third-order valence-corrected chi connectivity index (χ3v) is 5.83. The second kappa shape index (κ2) is 9.44. The maximum absolute atomic E-state index is 13.3. The summed E-state index contributed by atoms with van der Waals surface area (Å²) in [6.45, 7) is -1.26. The Morgan fingerprint density at radius 3 is 2.42 bits per heavy atom. The van der Waals surface area contributed by atoms with Crippen LogP contribution in [0.15, 0.2) is 54.6 Å². The number of rotatable bonds is 9. The van der Waals surface area contributed by atoms with Crippen LogP contribution >= 0.6 is 12.2 Å². The van der Waals surface area contributed by atoms with Crippen molar-refractivity contribution in [3.8, 4) is 0 Å². The van der Waals surface area contributed by atoms with Gasteiger partial charge in [-0.25, -0.2) is 4.68 Å². The van der Waals surface area contributed by atoms with Crippen molar-refractivity contribution >= 4 is 17.9 Å². The van der Waals surface area contributed by atoms with Crippen molar-refractivity contribution in [3.05, 3.63) is 86.4 Å². The monoisotopic (exact) mass is 477 g/mol. The van der Waals surface area contributed by atoms with E-state index in [1.165, 1.54) is 22.9 Å². The highest BCUT2D eigenvalue weighted by atomic mass is 32.1. The molecule has 2 aromatic carbocycles. The van der Waals surface area contributed by atoms with E-state index in [1.54, 1.807) is 6.07 Å². The van der Waals surface area contributed by atoms with Crippen molar-refractivity contribution in [2.75, 3.05) is 6.54 Å². The molecule has 0 amide bonds. The van der Waals surface area contributed by atoms with Crippen molar-refractivity contribution in [3.63, 3.8) is 0 Å². The second-order valence-corrected chi connectivity index (χ2v) is 8.48. The minimum Gasteiger partial charge on any atom is -0.299 e. The molecule has 1 aliphatic carbocycles. The topological polar surface area (TPSA) is 69.1 Å². The van der Waals surface area contributed by atoms with Crippen molar-refractivity contribution < 1.29 is 18.1 Å².